The molecule has 0 aliphatic carbocycles. The summed E-state index contributed by atoms with van der Waals surface area (Å²) in [7, 11) is 0. The Morgan fingerprint density at radius 1 is 1.22 bits per heavy atom. The Labute approximate surface area is 119 Å². The third-order valence-corrected chi connectivity index (χ3v) is 3.63. The van der Waals surface area contributed by atoms with Crippen molar-refractivity contribution in [3.8, 4) is 0 Å². The summed E-state index contributed by atoms with van der Waals surface area (Å²) in [4.78, 5) is 12.4. The summed E-state index contributed by atoms with van der Waals surface area (Å²) in [5.74, 6) is -0.0764. The zero-order valence-corrected chi connectivity index (χ0v) is 12.0. The van der Waals surface area contributed by atoms with Gasteiger partial charge < -0.3 is 5.73 Å². The second kappa shape index (κ2) is 5.12. The van der Waals surface area contributed by atoms with Crippen LogP contribution in [0.15, 0.2) is 40.9 Å². The van der Waals surface area contributed by atoms with E-state index in [1.54, 1.807) is 36.4 Å². The number of carbonyl (C=O) groups excluding carboxylic acids is 1. The molecule has 0 bridgehead atoms. The molecule has 0 unspecified atom stereocenters. The highest BCUT2D eigenvalue weighted by atomic mass is 79.9. The smallest absolute Gasteiger partial charge is 0.194 e. The lowest BCUT2D eigenvalue weighted by atomic mass is 10.0. The fourth-order valence-electron chi connectivity index (χ4n) is 1.64. The predicted molar refractivity (Wildman–Crippen MR) is 78.2 cm³/mol. The molecule has 2 rings (SSSR count). The maximum atomic E-state index is 12.4. The summed E-state index contributed by atoms with van der Waals surface area (Å²) in [6.07, 6.45) is 0. The number of nitrogen functional groups attached to an aromatic ring is 1. The zero-order chi connectivity index (χ0) is 13.3. The normalized spacial score (nSPS) is 10.4. The highest BCUT2D eigenvalue weighted by molar-refractivity contribution is 9.10. The van der Waals surface area contributed by atoms with Crippen molar-refractivity contribution in [1.29, 1.82) is 0 Å². The van der Waals surface area contributed by atoms with Crippen molar-refractivity contribution in [1.82, 2.24) is 0 Å². The van der Waals surface area contributed by atoms with Crippen LogP contribution in [0.4, 0.5) is 5.69 Å². The van der Waals surface area contributed by atoms with E-state index in [0.717, 1.165) is 10.0 Å². The molecule has 0 amide bonds. The van der Waals surface area contributed by atoms with E-state index in [9.17, 15) is 4.79 Å². The van der Waals surface area contributed by atoms with Crippen molar-refractivity contribution >= 4 is 39.0 Å². The van der Waals surface area contributed by atoms with E-state index in [0.29, 0.717) is 21.8 Å². The summed E-state index contributed by atoms with van der Waals surface area (Å²) in [5.41, 5.74) is 8.45. The molecule has 2 aromatic carbocycles. The summed E-state index contributed by atoms with van der Waals surface area (Å²) >= 11 is 9.27. The average molecular weight is 325 g/mol. The Kier molecular flexibility index (Phi) is 3.73. The number of carbonyl (C=O) groups is 1. The SMILES string of the molecule is Cc1cc(C(=O)c2cc(Cl)ccc2Br)ccc1N. The molecular formula is C14H11BrClNO. The van der Waals surface area contributed by atoms with Gasteiger partial charge in [-0.25, -0.2) is 0 Å². The van der Waals surface area contributed by atoms with Crippen molar-refractivity contribution in [3.05, 3.63) is 62.6 Å². The van der Waals surface area contributed by atoms with Gasteiger partial charge in [0.2, 0.25) is 0 Å². The third-order valence-electron chi connectivity index (χ3n) is 2.71. The highest BCUT2D eigenvalue weighted by Crippen LogP contribution is 2.24. The minimum Gasteiger partial charge on any atom is -0.399 e. The minimum absolute atomic E-state index is 0.0764. The molecule has 0 fully saturated rings. The molecule has 2 aromatic rings. The van der Waals surface area contributed by atoms with Crippen molar-refractivity contribution in [2.75, 3.05) is 5.73 Å². The van der Waals surface area contributed by atoms with E-state index in [1.165, 1.54) is 0 Å². The molecule has 18 heavy (non-hydrogen) atoms. The number of nitrogens with two attached hydrogens (primary N) is 1. The number of anilines is 1. The molecule has 2 nitrogen and oxygen atoms in total. The molecule has 0 spiro atoms. The summed E-state index contributed by atoms with van der Waals surface area (Å²) in [6, 6.07) is 10.4. The Morgan fingerprint density at radius 3 is 2.61 bits per heavy atom. The Morgan fingerprint density at radius 2 is 1.94 bits per heavy atom. The van der Waals surface area contributed by atoms with E-state index in [4.69, 9.17) is 17.3 Å². The third kappa shape index (κ3) is 2.57. The van der Waals surface area contributed by atoms with Crippen LogP contribution in [0.1, 0.15) is 21.5 Å². The van der Waals surface area contributed by atoms with E-state index in [2.05, 4.69) is 15.9 Å². The van der Waals surface area contributed by atoms with Crippen molar-refractivity contribution < 1.29 is 4.79 Å². The molecule has 0 radical (unpaired) electrons. The van der Waals surface area contributed by atoms with Crippen LogP contribution in [0.5, 0.6) is 0 Å². The average Bonchev–Trinajstić information content (AvgIpc) is 2.35. The lowest BCUT2D eigenvalue weighted by molar-refractivity contribution is 0.103. The van der Waals surface area contributed by atoms with Crippen LogP contribution >= 0.6 is 27.5 Å². The number of rotatable bonds is 2. The first-order chi connectivity index (χ1) is 8.49. The van der Waals surface area contributed by atoms with Gasteiger partial charge in [0, 0.05) is 26.3 Å². The predicted octanol–water partition coefficient (Wildman–Crippen LogP) is 4.22. The first-order valence-electron chi connectivity index (χ1n) is 5.35. The van der Waals surface area contributed by atoms with E-state index >= 15 is 0 Å². The summed E-state index contributed by atoms with van der Waals surface area (Å²) in [6.45, 7) is 1.87. The number of halogens is 2. The highest BCUT2D eigenvalue weighted by Gasteiger charge is 2.13. The van der Waals surface area contributed by atoms with Crippen LogP contribution < -0.4 is 5.73 Å². The topological polar surface area (TPSA) is 43.1 Å². The van der Waals surface area contributed by atoms with Crippen LogP contribution in [0.3, 0.4) is 0 Å². The molecule has 2 N–H and O–H groups in total. The second-order valence-corrected chi connectivity index (χ2v) is 5.32. The lowest BCUT2D eigenvalue weighted by Crippen LogP contribution is -2.03. The van der Waals surface area contributed by atoms with Crippen LogP contribution in [0.25, 0.3) is 0 Å². The van der Waals surface area contributed by atoms with Crippen molar-refractivity contribution in [3.63, 3.8) is 0 Å². The first kappa shape index (κ1) is 13.1. The first-order valence-corrected chi connectivity index (χ1v) is 6.52. The van der Waals surface area contributed by atoms with Crippen LogP contribution in [0.2, 0.25) is 5.02 Å². The maximum Gasteiger partial charge on any atom is 0.194 e. The molecular weight excluding hydrogens is 314 g/mol. The minimum atomic E-state index is -0.0764. The maximum absolute atomic E-state index is 12.4. The fourth-order valence-corrected chi connectivity index (χ4v) is 2.24. The Balaban J connectivity index is 2.47. The summed E-state index contributed by atoms with van der Waals surface area (Å²) < 4.78 is 0.728. The van der Waals surface area contributed by atoms with Gasteiger partial charge in [-0.3, -0.25) is 4.79 Å². The van der Waals surface area contributed by atoms with E-state index in [1.807, 2.05) is 6.92 Å². The van der Waals surface area contributed by atoms with E-state index in [-0.39, 0.29) is 5.78 Å². The monoisotopic (exact) mass is 323 g/mol. The van der Waals surface area contributed by atoms with Gasteiger partial charge in [0.05, 0.1) is 0 Å². The number of aryl methyl sites for hydroxylation is 1. The molecule has 0 saturated carbocycles. The van der Waals surface area contributed by atoms with Gasteiger partial charge >= 0.3 is 0 Å². The molecule has 0 atom stereocenters. The van der Waals surface area contributed by atoms with Gasteiger partial charge in [-0.05, 0) is 48.9 Å². The molecule has 0 saturated heterocycles. The number of hydrogen-bond donors (Lipinski definition) is 1. The summed E-state index contributed by atoms with van der Waals surface area (Å²) in [5, 5.41) is 0.536. The van der Waals surface area contributed by atoms with Gasteiger partial charge in [0.1, 0.15) is 0 Å². The molecule has 0 aliphatic rings. The molecule has 0 aliphatic heterocycles. The number of ketones is 1. The largest absolute Gasteiger partial charge is 0.399 e. The standard InChI is InChI=1S/C14H11BrClNO/c1-8-6-9(2-5-13(8)17)14(18)11-7-10(16)3-4-12(11)15/h2-7H,17H2,1H3. The molecule has 0 aromatic heterocycles. The van der Waals surface area contributed by atoms with Crippen LogP contribution in [-0.4, -0.2) is 5.78 Å². The number of benzene rings is 2. The molecule has 4 heteroatoms. The van der Waals surface area contributed by atoms with E-state index < -0.39 is 0 Å². The van der Waals surface area contributed by atoms with Gasteiger partial charge in [0.15, 0.2) is 5.78 Å². The zero-order valence-electron chi connectivity index (χ0n) is 9.71. The number of hydrogen-bond acceptors (Lipinski definition) is 2. The van der Waals surface area contributed by atoms with Crippen molar-refractivity contribution in [2.24, 2.45) is 0 Å². The van der Waals surface area contributed by atoms with Crippen molar-refractivity contribution in [2.45, 2.75) is 6.92 Å². The van der Waals surface area contributed by atoms with Gasteiger partial charge in [-0.1, -0.05) is 27.5 Å². The lowest BCUT2D eigenvalue weighted by Gasteiger charge is -2.07. The second-order valence-electron chi connectivity index (χ2n) is 4.02. The van der Waals surface area contributed by atoms with Gasteiger partial charge in [-0.15, -0.1) is 0 Å². The molecule has 0 heterocycles. The van der Waals surface area contributed by atoms with Crippen LogP contribution in [0, 0.1) is 6.92 Å². The molecule has 92 valence electrons. The Hall–Kier alpha value is -1.32. The van der Waals surface area contributed by atoms with Gasteiger partial charge in [0.25, 0.3) is 0 Å². The Bertz CT molecular complexity index is 625. The fraction of sp³-hybridized carbons (Fsp3) is 0.0714. The van der Waals surface area contributed by atoms with Crippen LogP contribution in [-0.2, 0) is 0 Å². The van der Waals surface area contributed by atoms with Gasteiger partial charge in [-0.2, -0.15) is 0 Å². The quantitative estimate of drug-likeness (QED) is 0.664.